The van der Waals surface area contributed by atoms with Crippen LogP contribution in [0.4, 0.5) is 0 Å². The minimum atomic E-state index is -0.508. The Kier molecular flexibility index (Phi) is 5.62. The first-order chi connectivity index (χ1) is 10.1. The zero-order chi connectivity index (χ0) is 15.2. The second kappa shape index (κ2) is 7.46. The zero-order valence-electron chi connectivity index (χ0n) is 12.3. The van der Waals surface area contributed by atoms with E-state index in [-0.39, 0.29) is 11.8 Å². The Morgan fingerprint density at radius 3 is 2.24 bits per heavy atom. The van der Waals surface area contributed by atoms with Gasteiger partial charge < -0.3 is 10.2 Å². The standard InChI is InChI=1S/C16H21ClN2O2/c1-12(16(21)19-10-4-2-3-5-11-19)18-15(20)13-6-8-14(17)9-7-13/h6-9,12H,2-5,10-11H2,1H3,(H,18,20). The first-order valence-electron chi connectivity index (χ1n) is 7.43. The van der Waals surface area contributed by atoms with Crippen molar-refractivity contribution >= 4 is 23.4 Å². The van der Waals surface area contributed by atoms with Crippen molar-refractivity contribution in [3.63, 3.8) is 0 Å². The number of carbonyl (C=O) groups is 2. The van der Waals surface area contributed by atoms with Gasteiger partial charge >= 0.3 is 0 Å². The summed E-state index contributed by atoms with van der Waals surface area (Å²) >= 11 is 5.80. The molecule has 1 atom stereocenters. The number of benzene rings is 1. The lowest BCUT2D eigenvalue weighted by molar-refractivity contribution is -0.132. The summed E-state index contributed by atoms with van der Waals surface area (Å²) in [6.45, 7) is 3.32. The van der Waals surface area contributed by atoms with Gasteiger partial charge in [0.1, 0.15) is 6.04 Å². The third kappa shape index (κ3) is 4.46. The predicted octanol–water partition coefficient (Wildman–Crippen LogP) is 2.86. The van der Waals surface area contributed by atoms with Crippen LogP contribution in [0, 0.1) is 0 Å². The molecule has 0 spiro atoms. The van der Waals surface area contributed by atoms with Crippen LogP contribution in [-0.2, 0) is 4.79 Å². The van der Waals surface area contributed by atoms with Crippen LogP contribution in [0.1, 0.15) is 43.0 Å². The molecule has 1 saturated heterocycles. The van der Waals surface area contributed by atoms with Crippen molar-refractivity contribution < 1.29 is 9.59 Å². The number of nitrogens with one attached hydrogen (secondary N) is 1. The number of likely N-dealkylation sites (tertiary alicyclic amines) is 1. The quantitative estimate of drug-likeness (QED) is 0.933. The predicted molar refractivity (Wildman–Crippen MR) is 83.4 cm³/mol. The van der Waals surface area contributed by atoms with Gasteiger partial charge in [0.25, 0.3) is 5.91 Å². The molecule has 114 valence electrons. The number of rotatable bonds is 3. The molecule has 5 heteroatoms. The summed E-state index contributed by atoms with van der Waals surface area (Å²) in [7, 11) is 0. The lowest BCUT2D eigenvalue weighted by Gasteiger charge is -2.24. The molecule has 0 radical (unpaired) electrons. The summed E-state index contributed by atoms with van der Waals surface area (Å²) < 4.78 is 0. The molecular weight excluding hydrogens is 288 g/mol. The average Bonchev–Trinajstić information content (AvgIpc) is 2.76. The molecule has 1 N–H and O–H groups in total. The molecule has 4 nitrogen and oxygen atoms in total. The molecule has 1 heterocycles. The Morgan fingerprint density at radius 2 is 1.67 bits per heavy atom. The first-order valence-corrected chi connectivity index (χ1v) is 7.81. The Balaban J connectivity index is 1.93. The first kappa shape index (κ1) is 15.8. The van der Waals surface area contributed by atoms with E-state index < -0.39 is 6.04 Å². The molecule has 0 bridgehead atoms. The second-order valence-electron chi connectivity index (χ2n) is 5.44. The molecule has 1 aliphatic rings. The molecule has 1 aliphatic heterocycles. The van der Waals surface area contributed by atoms with Crippen molar-refractivity contribution in [1.29, 1.82) is 0 Å². The van der Waals surface area contributed by atoms with E-state index in [0.29, 0.717) is 10.6 Å². The fourth-order valence-electron chi connectivity index (χ4n) is 2.51. The van der Waals surface area contributed by atoms with E-state index in [1.54, 1.807) is 31.2 Å². The molecule has 21 heavy (non-hydrogen) atoms. The number of carbonyl (C=O) groups excluding carboxylic acids is 2. The third-order valence-corrected chi connectivity index (χ3v) is 3.99. The van der Waals surface area contributed by atoms with Crippen molar-refractivity contribution in [3.05, 3.63) is 34.9 Å². The van der Waals surface area contributed by atoms with Gasteiger partial charge in [0.05, 0.1) is 0 Å². The number of hydrogen-bond acceptors (Lipinski definition) is 2. The summed E-state index contributed by atoms with van der Waals surface area (Å²) in [6.07, 6.45) is 4.44. The van der Waals surface area contributed by atoms with Crippen LogP contribution < -0.4 is 5.32 Å². The van der Waals surface area contributed by atoms with Gasteiger partial charge in [-0.05, 0) is 44.0 Å². The van der Waals surface area contributed by atoms with Gasteiger partial charge in [-0.2, -0.15) is 0 Å². The van der Waals surface area contributed by atoms with Crippen LogP contribution in [0.2, 0.25) is 5.02 Å². The highest BCUT2D eigenvalue weighted by Crippen LogP contribution is 2.12. The maximum atomic E-state index is 12.4. The van der Waals surface area contributed by atoms with E-state index in [2.05, 4.69) is 5.32 Å². The number of hydrogen-bond donors (Lipinski definition) is 1. The Morgan fingerprint density at radius 1 is 1.10 bits per heavy atom. The normalized spacial score (nSPS) is 17.0. The highest BCUT2D eigenvalue weighted by molar-refractivity contribution is 6.30. The Hall–Kier alpha value is -1.55. The highest BCUT2D eigenvalue weighted by Gasteiger charge is 2.23. The Labute approximate surface area is 130 Å². The van der Waals surface area contributed by atoms with Crippen LogP contribution >= 0.6 is 11.6 Å². The van der Waals surface area contributed by atoms with Crippen LogP contribution in [0.5, 0.6) is 0 Å². The maximum absolute atomic E-state index is 12.4. The molecule has 1 fully saturated rings. The van der Waals surface area contributed by atoms with E-state index in [9.17, 15) is 9.59 Å². The van der Waals surface area contributed by atoms with E-state index >= 15 is 0 Å². The minimum Gasteiger partial charge on any atom is -0.341 e. The Bertz CT molecular complexity index is 494. The minimum absolute atomic E-state index is 0.000728. The SMILES string of the molecule is CC(NC(=O)c1ccc(Cl)cc1)C(=O)N1CCCCCC1. The van der Waals surface area contributed by atoms with Gasteiger partial charge in [0.15, 0.2) is 0 Å². The monoisotopic (exact) mass is 308 g/mol. The fourth-order valence-corrected chi connectivity index (χ4v) is 2.63. The maximum Gasteiger partial charge on any atom is 0.251 e. The largest absolute Gasteiger partial charge is 0.341 e. The highest BCUT2D eigenvalue weighted by atomic mass is 35.5. The molecule has 1 unspecified atom stereocenters. The van der Waals surface area contributed by atoms with Crippen molar-refractivity contribution in [2.24, 2.45) is 0 Å². The van der Waals surface area contributed by atoms with Crippen molar-refractivity contribution in [2.75, 3.05) is 13.1 Å². The fraction of sp³-hybridized carbons (Fsp3) is 0.500. The van der Waals surface area contributed by atoms with Crippen molar-refractivity contribution in [1.82, 2.24) is 10.2 Å². The smallest absolute Gasteiger partial charge is 0.251 e. The van der Waals surface area contributed by atoms with Crippen LogP contribution in [0.25, 0.3) is 0 Å². The van der Waals surface area contributed by atoms with Gasteiger partial charge in [0, 0.05) is 23.7 Å². The van der Waals surface area contributed by atoms with E-state index in [4.69, 9.17) is 11.6 Å². The molecule has 1 aromatic carbocycles. The molecule has 0 aromatic heterocycles. The molecule has 0 aliphatic carbocycles. The van der Waals surface area contributed by atoms with E-state index in [1.807, 2.05) is 4.90 Å². The summed E-state index contributed by atoms with van der Waals surface area (Å²) in [6, 6.07) is 6.13. The zero-order valence-corrected chi connectivity index (χ0v) is 13.0. The summed E-state index contributed by atoms with van der Waals surface area (Å²) in [5.41, 5.74) is 0.509. The number of nitrogens with zero attached hydrogens (tertiary/aromatic N) is 1. The van der Waals surface area contributed by atoms with Gasteiger partial charge in [-0.3, -0.25) is 9.59 Å². The lowest BCUT2D eigenvalue weighted by Crippen LogP contribution is -2.47. The molecule has 1 aromatic rings. The van der Waals surface area contributed by atoms with E-state index in [1.165, 1.54) is 12.8 Å². The van der Waals surface area contributed by atoms with Crippen molar-refractivity contribution in [3.8, 4) is 0 Å². The lowest BCUT2D eigenvalue weighted by atomic mass is 10.2. The summed E-state index contributed by atoms with van der Waals surface area (Å²) in [4.78, 5) is 26.3. The van der Waals surface area contributed by atoms with Gasteiger partial charge in [-0.15, -0.1) is 0 Å². The second-order valence-corrected chi connectivity index (χ2v) is 5.88. The summed E-state index contributed by atoms with van der Waals surface area (Å²) in [5, 5.41) is 3.34. The molecule has 0 saturated carbocycles. The molecule has 2 rings (SSSR count). The van der Waals surface area contributed by atoms with Crippen LogP contribution in [0.15, 0.2) is 24.3 Å². The number of amides is 2. The molecular formula is C16H21ClN2O2. The van der Waals surface area contributed by atoms with Gasteiger partial charge in [-0.25, -0.2) is 0 Å². The van der Waals surface area contributed by atoms with Crippen molar-refractivity contribution in [2.45, 2.75) is 38.6 Å². The number of halogens is 1. The van der Waals surface area contributed by atoms with Crippen LogP contribution in [-0.4, -0.2) is 35.8 Å². The topological polar surface area (TPSA) is 49.4 Å². The average molecular weight is 309 g/mol. The summed E-state index contributed by atoms with van der Waals surface area (Å²) in [5.74, 6) is -0.249. The van der Waals surface area contributed by atoms with Crippen LogP contribution in [0.3, 0.4) is 0 Å². The van der Waals surface area contributed by atoms with Gasteiger partial charge in [-0.1, -0.05) is 24.4 Å². The van der Waals surface area contributed by atoms with E-state index in [0.717, 1.165) is 25.9 Å². The van der Waals surface area contributed by atoms with Gasteiger partial charge in [0.2, 0.25) is 5.91 Å². The molecule has 2 amide bonds. The third-order valence-electron chi connectivity index (χ3n) is 3.74.